The van der Waals surface area contributed by atoms with E-state index in [2.05, 4.69) is 20.9 Å². The Bertz CT molecular complexity index is 441. The quantitative estimate of drug-likeness (QED) is 0.919. The maximum absolute atomic E-state index is 9.55. The Morgan fingerprint density at radius 2 is 2.10 bits per heavy atom. The Morgan fingerprint density at radius 3 is 2.76 bits per heavy atom. The molecule has 0 amide bonds. The molecule has 1 aromatic rings. The van der Waals surface area contributed by atoms with Gasteiger partial charge in [0.1, 0.15) is 0 Å². The van der Waals surface area contributed by atoms with Gasteiger partial charge in [-0.1, -0.05) is 6.07 Å². The minimum atomic E-state index is -0.214. The van der Waals surface area contributed by atoms with Gasteiger partial charge in [-0.05, 0) is 50.8 Å². The number of aliphatic hydroxyl groups is 1. The van der Waals surface area contributed by atoms with Crippen molar-refractivity contribution >= 4 is 0 Å². The van der Waals surface area contributed by atoms with Gasteiger partial charge in [-0.3, -0.25) is 9.88 Å². The van der Waals surface area contributed by atoms with Crippen molar-refractivity contribution in [3.63, 3.8) is 0 Å². The van der Waals surface area contributed by atoms with Crippen molar-refractivity contribution in [1.29, 1.82) is 0 Å². The van der Waals surface area contributed by atoms with Crippen LogP contribution < -0.4 is 0 Å². The van der Waals surface area contributed by atoms with E-state index in [1.54, 1.807) is 0 Å². The highest BCUT2D eigenvalue weighted by Gasteiger charge is 2.42. The van der Waals surface area contributed by atoms with E-state index in [9.17, 15) is 5.11 Å². The van der Waals surface area contributed by atoms with Gasteiger partial charge in [-0.25, -0.2) is 0 Å². The summed E-state index contributed by atoms with van der Waals surface area (Å²) >= 11 is 0. The van der Waals surface area contributed by atoms with E-state index in [-0.39, 0.29) is 6.10 Å². The lowest BCUT2D eigenvalue weighted by atomic mass is 9.84. The summed E-state index contributed by atoms with van der Waals surface area (Å²) in [5.74, 6) is 0. The smallest absolute Gasteiger partial charge is 0.0639 e. The molecular weight excluding hydrogens is 262 g/mol. The van der Waals surface area contributed by atoms with Crippen molar-refractivity contribution in [2.24, 2.45) is 0 Å². The number of hydrogen-bond acceptors (Lipinski definition) is 4. The number of aromatic nitrogens is 1. The first-order valence-corrected chi connectivity index (χ1v) is 8.22. The number of nitrogens with zero attached hydrogens (tertiary/aromatic N) is 3. The van der Waals surface area contributed by atoms with E-state index < -0.39 is 0 Å². The fourth-order valence-electron chi connectivity index (χ4n) is 4.04. The zero-order valence-electron chi connectivity index (χ0n) is 13.0. The van der Waals surface area contributed by atoms with Crippen molar-refractivity contribution in [2.45, 2.75) is 50.8 Å². The second kappa shape index (κ2) is 6.42. The Morgan fingerprint density at radius 1 is 1.29 bits per heavy atom. The molecule has 2 aliphatic rings. The molecule has 1 unspecified atom stereocenters. The first-order valence-electron chi connectivity index (χ1n) is 8.22. The van der Waals surface area contributed by atoms with E-state index in [1.807, 2.05) is 25.4 Å². The molecule has 2 aliphatic heterocycles. The molecule has 4 nitrogen and oxygen atoms in total. The van der Waals surface area contributed by atoms with Crippen molar-refractivity contribution in [3.05, 3.63) is 30.1 Å². The van der Waals surface area contributed by atoms with Crippen LogP contribution in [-0.4, -0.2) is 57.7 Å². The lowest BCUT2D eigenvalue weighted by Gasteiger charge is -2.45. The zero-order valence-corrected chi connectivity index (χ0v) is 13.0. The van der Waals surface area contributed by atoms with Gasteiger partial charge in [0, 0.05) is 44.1 Å². The molecule has 0 bridgehead atoms. The number of aliphatic hydroxyl groups excluding tert-OH is 1. The van der Waals surface area contributed by atoms with Crippen LogP contribution in [0.15, 0.2) is 24.5 Å². The number of β-amino-alcohol motifs (C(OH)–C–C–N with tert-alkyl or cyclic N) is 1. The lowest BCUT2D eigenvalue weighted by Crippen LogP contribution is -2.52. The van der Waals surface area contributed by atoms with Gasteiger partial charge in [0.05, 0.1) is 6.10 Å². The highest BCUT2D eigenvalue weighted by molar-refractivity contribution is 5.11. The Labute approximate surface area is 127 Å². The summed E-state index contributed by atoms with van der Waals surface area (Å²) in [6, 6.07) is 4.21. The van der Waals surface area contributed by atoms with Gasteiger partial charge in [-0.15, -0.1) is 0 Å². The predicted octanol–water partition coefficient (Wildman–Crippen LogP) is 1.89. The summed E-state index contributed by atoms with van der Waals surface area (Å²) < 4.78 is 0. The molecule has 2 fully saturated rings. The maximum Gasteiger partial charge on any atom is 0.0639 e. The highest BCUT2D eigenvalue weighted by atomic mass is 16.3. The van der Waals surface area contributed by atoms with Gasteiger partial charge in [0.15, 0.2) is 0 Å². The molecule has 0 aliphatic carbocycles. The Kier molecular flexibility index (Phi) is 4.57. The maximum atomic E-state index is 9.55. The van der Waals surface area contributed by atoms with E-state index in [0.717, 1.165) is 26.2 Å². The van der Waals surface area contributed by atoms with Crippen LogP contribution in [0.1, 0.15) is 38.2 Å². The summed E-state index contributed by atoms with van der Waals surface area (Å²) in [6.45, 7) is 7.19. The number of likely N-dealkylation sites (tertiary alicyclic amines) is 2. The third-order valence-electron chi connectivity index (χ3n) is 5.15. The fraction of sp³-hybridized carbons (Fsp3) is 0.706. The fourth-order valence-corrected chi connectivity index (χ4v) is 4.04. The van der Waals surface area contributed by atoms with Crippen LogP contribution >= 0.6 is 0 Å². The van der Waals surface area contributed by atoms with Crippen molar-refractivity contribution in [3.8, 4) is 0 Å². The predicted molar refractivity (Wildman–Crippen MR) is 84.0 cm³/mol. The van der Waals surface area contributed by atoms with Gasteiger partial charge in [0.25, 0.3) is 0 Å². The van der Waals surface area contributed by atoms with Gasteiger partial charge >= 0.3 is 0 Å². The van der Waals surface area contributed by atoms with Crippen molar-refractivity contribution in [2.75, 3.05) is 26.2 Å². The molecule has 21 heavy (non-hydrogen) atoms. The second-order valence-electron chi connectivity index (χ2n) is 6.76. The van der Waals surface area contributed by atoms with Crippen LogP contribution in [0.4, 0.5) is 0 Å². The third-order valence-corrected chi connectivity index (χ3v) is 5.15. The van der Waals surface area contributed by atoms with E-state index >= 15 is 0 Å². The topological polar surface area (TPSA) is 39.6 Å². The Hall–Kier alpha value is -0.970. The lowest BCUT2D eigenvalue weighted by molar-refractivity contribution is 0.0305. The summed E-state index contributed by atoms with van der Waals surface area (Å²) in [5.41, 5.74) is 1.72. The molecule has 0 aromatic carbocycles. The van der Waals surface area contributed by atoms with Crippen LogP contribution in [-0.2, 0) is 6.54 Å². The summed E-state index contributed by atoms with van der Waals surface area (Å²) in [4.78, 5) is 9.34. The van der Waals surface area contributed by atoms with Crippen LogP contribution in [0.3, 0.4) is 0 Å². The summed E-state index contributed by atoms with van der Waals surface area (Å²) in [7, 11) is 0. The first kappa shape index (κ1) is 14.9. The number of pyridine rings is 1. The molecule has 3 heterocycles. The normalized spacial score (nSPS) is 24.5. The molecule has 4 heteroatoms. The molecule has 1 spiro atoms. The molecule has 0 radical (unpaired) electrons. The van der Waals surface area contributed by atoms with Gasteiger partial charge in [0.2, 0.25) is 0 Å². The second-order valence-corrected chi connectivity index (χ2v) is 6.76. The van der Waals surface area contributed by atoms with Crippen molar-refractivity contribution in [1.82, 2.24) is 14.8 Å². The molecule has 1 aromatic heterocycles. The average Bonchev–Trinajstić information content (AvgIpc) is 2.85. The first-order chi connectivity index (χ1) is 10.2. The molecule has 0 saturated carbocycles. The number of rotatable bonds is 4. The summed E-state index contributed by atoms with van der Waals surface area (Å²) in [5, 5.41) is 9.55. The molecule has 116 valence electrons. The molecular formula is C17H27N3O. The van der Waals surface area contributed by atoms with Gasteiger partial charge < -0.3 is 10.0 Å². The van der Waals surface area contributed by atoms with E-state index in [4.69, 9.17) is 0 Å². The highest BCUT2D eigenvalue weighted by Crippen LogP contribution is 2.39. The van der Waals surface area contributed by atoms with E-state index in [0.29, 0.717) is 5.54 Å². The van der Waals surface area contributed by atoms with E-state index in [1.165, 1.54) is 37.8 Å². The van der Waals surface area contributed by atoms with Gasteiger partial charge in [-0.2, -0.15) is 0 Å². The Balaban J connectivity index is 1.62. The largest absolute Gasteiger partial charge is 0.392 e. The SMILES string of the molecule is CC(O)CN1CCC2(CCCN2Cc2cccnc2)CC1. The summed E-state index contributed by atoms with van der Waals surface area (Å²) in [6.07, 6.45) is 8.74. The minimum Gasteiger partial charge on any atom is -0.392 e. The number of hydrogen-bond donors (Lipinski definition) is 1. The van der Waals surface area contributed by atoms with Crippen LogP contribution in [0, 0.1) is 0 Å². The van der Waals surface area contributed by atoms with Crippen LogP contribution in [0.2, 0.25) is 0 Å². The monoisotopic (exact) mass is 289 g/mol. The van der Waals surface area contributed by atoms with Crippen molar-refractivity contribution < 1.29 is 5.11 Å². The third kappa shape index (κ3) is 3.44. The standard InChI is InChI=1S/C17H27N3O/c1-15(21)13-19-10-6-17(7-11-19)5-3-9-20(17)14-16-4-2-8-18-12-16/h2,4,8,12,15,21H,3,5-7,9-11,13-14H2,1H3. The van der Waals surface area contributed by atoms with Crippen LogP contribution in [0.5, 0.6) is 0 Å². The van der Waals surface area contributed by atoms with Crippen LogP contribution in [0.25, 0.3) is 0 Å². The molecule has 1 N–H and O–H groups in total. The molecule has 3 rings (SSSR count). The molecule has 2 saturated heterocycles. The average molecular weight is 289 g/mol. The zero-order chi connectivity index (χ0) is 14.7. The minimum absolute atomic E-state index is 0.214. The molecule has 1 atom stereocenters. The number of piperidine rings is 1.